The molecule has 76 valence electrons. The quantitative estimate of drug-likeness (QED) is 0.768. The molecule has 0 unspecified atom stereocenters. The van der Waals surface area contributed by atoms with Crippen molar-refractivity contribution in [3.8, 4) is 0 Å². The summed E-state index contributed by atoms with van der Waals surface area (Å²) in [5, 5.41) is 0. The number of pyridine rings is 1. The van der Waals surface area contributed by atoms with Crippen LogP contribution in [0.1, 0.15) is 18.5 Å². The predicted molar refractivity (Wildman–Crippen MR) is 55.7 cm³/mol. The number of nitrogens with zero attached hydrogens (tertiary/aromatic N) is 1. The van der Waals surface area contributed by atoms with Crippen molar-refractivity contribution >= 4 is 30.6 Å². The first-order valence-electron chi connectivity index (χ1n) is 3.27. The van der Waals surface area contributed by atoms with Gasteiger partial charge in [0.05, 0.1) is 6.20 Å². The fourth-order valence-corrected chi connectivity index (χ4v) is 0.830. The second kappa shape index (κ2) is 5.96. The minimum Gasteiger partial charge on any atom is -0.383 e. The third kappa shape index (κ3) is 3.76. The topological polar surface area (TPSA) is 64.9 Å². The van der Waals surface area contributed by atoms with E-state index in [9.17, 15) is 4.39 Å². The number of hydrogen-bond donors (Lipinski definition) is 2. The molecule has 3 nitrogen and oxygen atoms in total. The summed E-state index contributed by atoms with van der Waals surface area (Å²) in [5.74, 6) is -0.118. The van der Waals surface area contributed by atoms with E-state index in [-0.39, 0.29) is 30.9 Å². The van der Waals surface area contributed by atoms with Crippen molar-refractivity contribution in [2.75, 3.05) is 5.73 Å². The van der Waals surface area contributed by atoms with Gasteiger partial charge in [-0.3, -0.25) is 0 Å². The zero-order valence-electron chi connectivity index (χ0n) is 7.03. The van der Waals surface area contributed by atoms with Crippen molar-refractivity contribution < 1.29 is 4.39 Å². The lowest BCUT2D eigenvalue weighted by Crippen LogP contribution is -2.09. The van der Waals surface area contributed by atoms with Gasteiger partial charge in [-0.15, -0.1) is 24.8 Å². The molecule has 0 aromatic carbocycles. The van der Waals surface area contributed by atoms with E-state index in [1.54, 1.807) is 6.92 Å². The first-order valence-corrected chi connectivity index (χ1v) is 3.27. The van der Waals surface area contributed by atoms with Crippen LogP contribution in [0.5, 0.6) is 0 Å². The van der Waals surface area contributed by atoms with Gasteiger partial charge in [0.25, 0.3) is 0 Å². The summed E-state index contributed by atoms with van der Waals surface area (Å²) >= 11 is 0. The Hall–Kier alpha value is -0.580. The number of rotatable bonds is 1. The average Bonchev–Trinajstić information content (AvgIpc) is 1.94. The molecule has 0 spiro atoms. The maximum atomic E-state index is 12.5. The molecule has 0 aliphatic carbocycles. The molecule has 0 radical (unpaired) electrons. The Morgan fingerprint density at radius 2 is 2.00 bits per heavy atom. The van der Waals surface area contributed by atoms with E-state index in [1.807, 2.05) is 0 Å². The molecule has 0 saturated heterocycles. The molecule has 0 aliphatic heterocycles. The smallest absolute Gasteiger partial charge is 0.141 e. The van der Waals surface area contributed by atoms with E-state index in [2.05, 4.69) is 4.98 Å². The van der Waals surface area contributed by atoms with Crippen LogP contribution in [0.15, 0.2) is 12.3 Å². The summed E-state index contributed by atoms with van der Waals surface area (Å²) in [4.78, 5) is 3.62. The Morgan fingerprint density at radius 3 is 2.38 bits per heavy atom. The highest BCUT2D eigenvalue weighted by atomic mass is 35.5. The normalized spacial score (nSPS) is 11.0. The van der Waals surface area contributed by atoms with Crippen LogP contribution in [0, 0.1) is 5.82 Å². The molecule has 4 N–H and O–H groups in total. The van der Waals surface area contributed by atoms with Gasteiger partial charge < -0.3 is 11.5 Å². The molecule has 1 rings (SSSR count). The van der Waals surface area contributed by atoms with Gasteiger partial charge in [-0.2, -0.15) is 0 Å². The van der Waals surface area contributed by atoms with Crippen molar-refractivity contribution in [3.05, 3.63) is 23.6 Å². The maximum Gasteiger partial charge on any atom is 0.141 e. The molecule has 1 heterocycles. The fourth-order valence-electron chi connectivity index (χ4n) is 0.830. The van der Waals surface area contributed by atoms with E-state index in [1.165, 1.54) is 6.07 Å². The summed E-state index contributed by atoms with van der Waals surface area (Å²) in [6.45, 7) is 1.73. The summed E-state index contributed by atoms with van der Waals surface area (Å²) < 4.78 is 12.5. The van der Waals surface area contributed by atoms with Crippen molar-refractivity contribution in [1.82, 2.24) is 4.98 Å². The molecule has 1 aromatic rings. The van der Waals surface area contributed by atoms with Gasteiger partial charge >= 0.3 is 0 Å². The Bertz CT molecular complexity index is 268. The monoisotopic (exact) mass is 227 g/mol. The molecule has 0 aliphatic rings. The highest BCUT2D eigenvalue weighted by Crippen LogP contribution is 2.15. The second-order valence-electron chi connectivity index (χ2n) is 2.42. The molecule has 6 heteroatoms. The minimum absolute atomic E-state index is 0. The molecule has 1 aromatic heterocycles. The van der Waals surface area contributed by atoms with E-state index in [0.29, 0.717) is 11.4 Å². The van der Waals surface area contributed by atoms with Gasteiger partial charge in [-0.1, -0.05) is 0 Å². The lowest BCUT2D eigenvalue weighted by Gasteiger charge is -2.07. The third-order valence-corrected chi connectivity index (χ3v) is 1.41. The van der Waals surface area contributed by atoms with E-state index >= 15 is 0 Å². The molecule has 0 saturated carbocycles. The summed E-state index contributed by atoms with van der Waals surface area (Å²) in [5.41, 5.74) is 11.5. The predicted octanol–water partition coefficient (Wildman–Crippen LogP) is 1.67. The van der Waals surface area contributed by atoms with Crippen molar-refractivity contribution in [2.24, 2.45) is 5.73 Å². The van der Waals surface area contributed by atoms with E-state index < -0.39 is 5.82 Å². The zero-order valence-corrected chi connectivity index (χ0v) is 8.66. The van der Waals surface area contributed by atoms with Crippen LogP contribution >= 0.6 is 24.8 Å². The summed E-state index contributed by atoms with van der Waals surface area (Å²) in [6, 6.07) is 1.02. The molecular weight excluding hydrogens is 216 g/mol. The molecule has 1 atom stereocenters. The molecular formula is C7H12Cl2FN3. The third-order valence-electron chi connectivity index (χ3n) is 1.41. The number of halogens is 3. The van der Waals surface area contributed by atoms with Gasteiger partial charge in [0, 0.05) is 11.6 Å². The van der Waals surface area contributed by atoms with Gasteiger partial charge in [-0.05, 0) is 13.0 Å². The van der Waals surface area contributed by atoms with Crippen LogP contribution in [-0.2, 0) is 0 Å². The van der Waals surface area contributed by atoms with E-state index in [0.717, 1.165) is 6.20 Å². The van der Waals surface area contributed by atoms with Crippen molar-refractivity contribution in [2.45, 2.75) is 13.0 Å². The molecule has 13 heavy (non-hydrogen) atoms. The van der Waals surface area contributed by atoms with Crippen molar-refractivity contribution in [3.63, 3.8) is 0 Å². The molecule has 0 fully saturated rings. The Morgan fingerprint density at radius 1 is 1.46 bits per heavy atom. The Kier molecular flexibility index (Phi) is 6.84. The van der Waals surface area contributed by atoms with Crippen LogP contribution in [0.25, 0.3) is 0 Å². The standard InChI is InChI=1S/C7H10FN3.2ClH/c1-4(9)6-2-5(8)3-11-7(6)10;;/h2-4H,9H2,1H3,(H2,10,11);2*1H/t4-;;/m1../s1. The minimum atomic E-state index is -0.411. The second-order valence-corrected chi connectivity index (χ2v) is 2.42. The SMILES string of the molecule is C[C@@H](N)c1cc(F)cnc1N.Cl.Cl. The number of aromatic nitrogens is 1. The Balaban J connectivity index is 0. The van der Waals surface area contributed by atoms with Gasteiger partial charge in [0.2, 0.25) is 0 Å². The lowest BCUT2D eigenvalue weighted by molar-refractivity contribution is 0.616. The molecule has 0 bridgehead atoms. The van der Waals surface area contributed by atoms with Crippen LogP contribution in [0.2, 0.25) is 0 Å². The molecule has 0 amide bonds. The van der Waals surface area contributed by atoms with Gasteiger partial charge in [0.1, 0.15) is 11.6 Å². The van der Waals surface area contributed by atoms with Crippen molar-refractivity contribution in [1.29, 1.82) is 0 Å². The highest BCUT2D eigenvalue weighted by Gasteiger charge is 2.05. The maximum absolute atomic E-state index is 12.5. The van der Waals surface area contributed by atoms with Crippen LogP contribution in [0.4, 0.5) is 10.2 Å². The van der Waals surface area contributed by atoms with Crippen LogP contribution < -0.4 is 11.5 Å². The number of hydrogen-bond acceptors (Lipinski definition) is 3. The first-order chi connectivity index (χ1) is 5.11. The largest absolute Gasteiger partial charge is 0.383 e. The van der Waals surface area contributed by atoms with Gasteiger partial charge in [-0.25, -0.2) is 9.37 Å². The lowest BCUT2D eigenvalue weighted by atomic mass is 10.1. The highest BCUT2D eigenvalue weighted by molar-refractivity contribution is 5.85. The first kappa shape index (κ1) is 14.9. The van der Waals surface area contributed by atoms with Crippen LogP contribution in [-0.4, -0.2) is 4.98 Å². The summed E-state index contributed by atoms with van der Waals surface area (Å²) in [7, 11) is 0. The number of anilines is 1. The number of nitrogen functional groups attached to an aromatic ring is 1. The van der Waals surface area contributed by atoms with Crippen LogP contribution in [0.3, 0.4) is 0 Å². The van der Waals surface area contributed by atoms with E-state index in [4.69, 9.17) is 11.5 Å². The average molecular weight is 228 g/mol. The fraction of sp³-hybridized carbons (Fsp3) is 0.286. The summed E-state index contributed by atoms with van der Waals surface area (Å²) in [6.07, 6.45) is 1.07. The Labute approximate surface area is 88.5 Å². The zero-order chi connectivity index (χ0) is 8.43. The number of nitrogens with two attached hydrogens (primary N) is 2. The van der Waals surface area contributed by atoms with Gasteiger partial charge in [0.15, 0.2) is 0 Å².